The maximum absolute atomic E-state index is 12.0. The number of aryl methyl sites for hydroxylation is 1. The van der Waals surface area contributed by atoms with Crippen LogP contribution in [0.3, 0.4) is 0 Å². The van der Waals surface area contributed by atoms with E-state index in [2.05, 4.69) is 9.97 Å². The second-order valence-corrected chi connectivity index (χ2v) is 4.28. The van der Waals surface area contributed by atoms with Gasteiger partial charge in [0.1, 0.15) is 22.7 Å². The molecular weight excluding hydrogens is 264 g/mol. The average molecular weight is 275 g/mol. The van der Waals surface area contributed by atoms with Crippen LogP contribution in [-0.4, -0.2) is 14.5 Å². The molecule has 0 aromatic carbocycles. The minimum absolute atomic E-state index is 0.185. The highest BCUT2D eigenvalue weighted by atomic mass is 35.5. The second-order valence-electron chi connectivity index (χ2n) is 3.90. The summed E-state index contributed by atoms with van der Waals surface area (Å²) in [5.74, 6) is 0.588. The molecule has 0 N–H and O–H groups in total. The molecule has 0 saturated carbocycles. The molecule has 2 heterocycles. The molecule has 0 atom stereocenters. The van der Waals surface area contributed by atoms with Crippen LogP contribution in [0, 0.1) is 11.3 Å². The van der Waals surface area contributed by atoms with Crippen LogP contribution in [0.25, 0.3) is 0 Å². The lowest BCUT2D eigenvalue weighted by atomic mass is 10.2. The van der Waals surface area contributed by atoms with Crippen LogP contribution in [-0.2, 0) is 13.0 Å². The fourth-order valence-corrected chi connectivity index (χ4v) is 1.99. The summed E-state index contributed by atoms with van der Waals surface area (Å²) in [6, 6.07) is 6.78. The highest BCUT2D eigenvalue weighted by molar-refractivity contribution is 6.29. The van der Waals surface area contributed by atoms with Crippen molar-refractivity contribution < 1.29 is 0 Å². The Balaban J connectivity index is 2.50. The maximum Gasteiger partial charge on any atom is 0.255 e. The molecular formula is C13H11ClN4O. The van der Waals surface area contributed by atoms with Crippen LogP contribution >= 0.6 is 11.6 Å². The molecule has 2 aromatic heterocycles. The van der Waals surface area contributed by atoms with Gasteiger partial charge in [0.25, 0.3) is 5.56 Å². The van der Waals surface area contributed by atoms with E-state index < -0.39 is 0 Å². The quantitative estimate of drug-likeness (QED) is 0.800. The Hall–Kier alpha value is -2.19. The van der Waals surface area contributed by atoms with Crippen LogP contribution in [0.5, 0.6) is 0 Å². The first-order chi connectivity index (χ1) is 9.15. The van der Waals surface area contributed by atoms with Crippen molar-refractivity contribution in [1.82, 2.24) is 14.5 Å². The SMILES string of the molecule is CCc1nc(Cl)cc(=O)n1Cc1cccnc1C#N. The number of pyridine rings is 1. The van der Waals surface area contributed by atoms with Crippen molar-refractivity contribution in [2.45, 2.75) is 19.9 Å². The van der Waals surface area contributed by atoms with Gasteiger partial charge < -0.3 is 0 Å². The molecule has 0 fully saturated rings. The van der Waals surface area contributed by atoms with Gasteiger partial charge in [0.15, 0.2) is 0 Å². The smallest absolute Gasteiger partial charge is 0.255 e. The van der Waals surface area contributed by atoms with Gasteiger partial charge in [-0.2, -0.15) is 5.26 Å². The molecule has 0 aliphatic rings. The fourth-order valence-electron chi connectivity index (χ4n) is 1.80. The number of hydrogen-bond donors (Lipinski definition) is 0. The van der Waals surface area contributed by atoms with E-state index in [1.165, 1.54) is 10.6 Å². The molecule has 0 aliphatic carbocycles. The molecule has 0 unspecified atom stereocenters. The van der Waals surface area contributed by atoms with Crippen LogP contribution in [0.4, 0.5) is 0 Å². The largest absolute Gasteiger partial charge is 0.292 e. The van der Waals surface area contributed by atoms with Gasteiger partial charge >= 0.3 is 0 Å². The maximum atomic E-state index is 12.0. The summed E-state index contributed by atoms with van der Waals surface area (Å²) >= 11 is 5.77. The van der Waals surface area contributed by atoms with Crippen molar-refractivity contribution in [3.63, 3.8) is 0 Å². The Morgan fingerprint density at radius 2 is 2.32 bits per heavy atom. The summed E-state index contributed by atoms with van der Waals surface area (Å²) in [7, 11) is 0. The zero-order valence-corrected chi connectivity index (χ0v) is 11.1. The summed E-state index contributed by atoms with van der Waals surface area (Å²) in [4.78, 5) is 20.1. The first kappa shape index (κ1) is 13.2. The molecule has 96 valence electrons. The molecule has 0 bridgehead atoms. The van der Waals surface area contributed by atoms with E-state index in [0.29, 0.717) is 23.5 Å². The van der Waals surface area contributed by atoms with Crippen LogP contribution in [0.2, 0.25) is 5.15 Å². The van der Waals surface area contributed by atoms with Crippen LogP contribution in [0.1, 0.15) is 24.0 Å². The first-order valence-corrected chi connectivity index (χ1v) is 6.13. The number of halogens is 1. The fraction of sp³-hybridized carbons (Fsp3) is 0.231. The molecule has 6 heteroatoms. The van der Waals surface area contributed by atoms with Crippen molar-refractivity contribution in [2.24, 2.45) is 0 Å². The summed E-state index contributed by atoms with van der Waals surface area (Å²) in [6.45, 7) is 2.16. The van der Waals surface area contributed by atoms with E-state index in [9.17, 15) is 4.79 Å². The van der Waals surface area contributed by atoms with E-state index in [-0.39, 0.29) is 17.3 Å². The molecule has 2 aromatic rings. The van der Waals surface area contributed by atoms with Gasteiger partial charge in [-0.3, -0.25) is 9.36 Å². The summed E-state index contributed by atoms with van der Waals surface area (Å²) in [6.07, 6.45) is 2.13. The molecule has 0 saturated heterocycles. The molecule has 0 aliphatic heterocycles. The summed E-state index contributed by atoms with van der Waals surface area (Å²) in [5.41, 5.74) is 0.766. The van der Waals surface area contributed by atoms with Crippen LogP contribution < -0.4 is 5.56 Å². The minimum Gasteiger partial charge on any atom is -0.292 e. The lowest BCUT2D eigenvalue weighted by Gasteiger charge is -2.11. The van der Waals surface area contributed by atoms with Crippen molar-refractivity contribution in [1.29, 1.82) is 5.26 Å². The predicted octanol–water partition coefficient (Wildman–Crippen LogP) is 1.77. The van der Waals surface area contributed by atoms with Crippen LogP contribution in [0.15, 0.2) is 29.2 Å². The van der Waals surface area contributed by atoms with Gasteiger partial charge in [-0.1, -0.05) is 24.6 Å². The Bertz CT molecular complexity index is 703. The first-order valence-electron chi connectivity index (χ1n) is 5.76. The average Bonchev–Trinajstić information content (AvgIpc) is 2.42. The number of hydrogen-bond acceptors (Lipinski definition) is 4. The van der Waals surface area contributed by atoms with Crippen molar-refractivity contribution in [3.8, 4) is 6.07 Å². The predicted molar refractivity (Wildman–Crippen MR) is 70.9 cm³/mol. The Kier molecular flexibility index (Phi) is 3.93. The topological polar surface area (TPSA) is 71.6 Å². The lowest BCUT2D eigenvalue weighted by Crippen LogP contribution is -2.25. The Morgan fingerprint density at radius 3 is 3.00 bits per heavy atom. The molecule has 0 amide bonds. The van der Waals surface area contributed by atoms with Crippen molar-refractivity contribution >= 4 is 11.6 Å². The number of aromatic nitrogens is 3. The molecule has 0 radical (unpaired) electrons. The zero-order chi connectivity index (χ0) is 13.8. The number of nitriles is 1. The molecule has 2 rings (SSSR count). The third-order valence-electron chi connectivity index (χ3n) is 2.70. The zero-order valence-electron chi connectivity index (χ0n) is 10.3. The third kappa shape index (κ3) is 2.80. The van der Waals surface area contributed by atoms with Gasteiger partial charge in [0.2, 0.25) is 0 Å². The monoisotopic (exact) mass is 274 g/mol. The molecule has 19 heavy (non-hydrogen) atoms. The normalized spacial score (nSPS) is 10.2. The Morgan fingerprint density at radius 1 is 1.53 bits per heavy atom. The van der Waals surface area contributed by atoms with E-state index in [0.717, 1.165) is 0 Å². The highest BCUT2D eigenvalue weighted by Crippen LogP contribution is 2.09. The van der Waals surface area contributed by atoms with Crippen molar-refractivity contribution in [3.05, 3.63) is 57.0 Å². The van der Waals surface area contributed by atoms with Gasteiger partial charge in [0, 0.05) is 24.2 Å². The van der Waals surface area contributed by atoms with E-state index in [4.69, 9.17) is 16.9 Å². The van der Waals surface area contributed by atoms with E-state index in [1.54, 1.807) is 18.3 Å². The van der Waals surface area contributed by atoms with E-state index >= 15 is 0 Å². The minimum atomic E-state index is -0.232. The highest BCUT2D eigenvalue weighted by Gasteiger charge is 2.09. The van der Waals surface area contributed by atoms with Crippen molar-refractivity contribution in [2.75, 3.05) is 0 Å². The van der Waals surface area contributed by atoms with Gasteiger partial charge in [-0.05, 0) is 6.07 Å². The number of nitrogens with zero attached hydrogens (tertiary/aromatic N) is 4. The summed E-state index contributed by atoms with van der Waals surface area (Å²) < 4.78 is 1.50. The van der Waals surface area contributed by atoms with Gasteiger partial charge in [0.05, 0.1) is 6.54 Å². The standard InChI is InChI=1S/C13H11ClN4O/c1-2-12-17-11(14)6-13(19)18(12)8-9-4-3-5-16-10(9)7-15/h3-6H,2,8H2,1H3. The molecule has 0 spiro atoms. The summed E-state index contributed by atoms with van der Waals surface area (Å²) in [5, 5.41) is 9.18. The third-order valence-corrected chi connectivity index (χ3v) is 2.89. The van der Waals surface area contributed by atoms with E-state index in [1.807, 2.05) is 13.0 Å². The van der Waals surface area contributed by atoms with Gasteiger partial charge in [-0.25, -0.2) is 9.97 Å². The van der Waals surface area contributed by atoms with Gasteiger partial charge in [-0.15, -0.1) is 0 Å². The number of rotatable bonds is 3. The second kappa shape index (κ2) is 5.63. The Labute approximate surface area is 115 Å². The lowest BCUT2D eigenvalue weighted by molar-refractivity contribution is 0.672. The molecule has 5 nitrogen and oxygen atoms in total.